The van der Waals surface area contributed by atoms with E-state index in [9.17, 15) is 0 Å². The van der Waals surface area contributed by atoms with Crippen LogP contribution in [0.15, 0.2) is 4.99 Å². The predicted octanol–water partition coefficient (Wildman–Crippen LogP) is 0.925. The van der Waals surface area contributed by atoms with Crippen molar-refractivity contribution in [3.05, 3.63) is 23.3 Å². The molecule has 1 atom stereocenters. The molecule has 0 aliphatic carbocycles. The van der Waals surface area contributed by atoms with Crippen LogP contribution in [0.1, 0.15) is 55.9 Å². The number of nitrogens with one attached hydrogen (secondary N) is 2. The summed E-state index contributed by atoms with van der Waals surface area (Å²) in [6.07, 6.45) is 2.82. The van der Waals surface area contributed by atoms with Crippen LogP contribution in [0.5, 0.6) is 0 Å². The number of nitrogens with zero attached hydrogens (tertiary/aromatic N) is 7. The second kappa shape index (κ2) is 9.82. The SMILES string of the molecule is COCCCNC(=NCc1nnc(C)n1C)NC1CCc2nc(C(C)C)nn2C1. The molecule has 10 heteroatoms. The van der Waals surface area contributed by atoms with Gasteiger partial charge in [0.1, 0.15) is 18.2 Å². The third kappa shape index (κ3) is 5.53. The number of hydrogen-bond donors (Lipinski definition) is 2. The Hall–Kier alpha value is -2.49. The summed E-state index contributed by atoms with van der Waals surface area (Å²) in [5.41, 5.74) is 0. The van der Waals surface area contributed by atoms with E-state index in [2.05, 4.69) is 44.8 Å². The highest BCUT2D eigenvalue weighted by Crippen LogP contribution is 2.17. The molecule has 0 amide bonds. The van der Waals surface area contributed by atoms with Crippen LogP contribution in [-0.2, 0) is 31.3 Å². The molecule has 0 radical (unpaired) electrons. The fraction of sp³-hybridized carbons (Fsp3) is 0.737. The van der Waals surface area contributed by atoms with Gasteiger partial charge in [0.15, 0.2) is 17.6 Å². The van der Waals surface area contributed by atoms with Gasteiger partial charge in [0.2, 0.25) is 0 Å². The largest absolute Gasteiger partial charge is 0.385 e. The molecule has 0 saturated carbocycles. The number of guanidine groups is 1. The first-order valence-electron chi connectivity index (χ1n) is 10.3. The topological polar surface area (TPSA) is 107 Å². The van der Waals surface area contributed by atoms with Gasteiger partial charge in [0.25, 0.3) is 0 Å². The first kappa shape index (κ1) is 21.2. The lowest BCUT2D eigenvalue weighted by Gasteiger charge is -2.25. The minimum atomic E-state index is 0.249. The van der Waals surface area contributed by atoms with Crippen LogP contribution in [0.2, 0.25) is 0 Å². The Bertz CT molecular complexity index is 824. The lowest BCUT2D eigenvalue weighted by atomic mass is 10.1. The molecule has 160 valence electrons. The number of aryl methyl sites for hydroxylation is 2. The molecular formula is C19H33N9O. The van der Waals surface area contributed by atoms with Crippen molar-refractivity contribution in [1.82, 2.24) is 40.2 Å². The standard InChI is InChI=1S/C19H33N9O/c1-13(2)18-23-16-8-7-15(12-28(16)26-18)22-19(20-9-6-10-29-5)21-11-17-25-24-14(3)27(17)4/h13,15H,6-12H2,1-5H3,(H2,20,21,22). The first-order chi connectivity index (χ1) is 14.0. The summed E-state index contributed by atoms with van der Waals surface area (Å²) in [6, 6.07) is 0.249. The van der Waals surface area contributed by atoms with Crippen molar-refractivity contribution in [1.29, 1.82) is 0 Å². The van der Waals surface area contributed by atoms with Gasteiger partial charge in [0.05, 0.1) is 6.54 Å². The summed E-state index contributed by atoms with van der Waals surface area (Å²) < 4.78 is 9.13. The highest BCUT2D eigenvalue weighted by atomic mass is 16.5. The number of fused-ring (bicyclic) bond motifs is 1. The molecule has 29 heavy (non-hydrogen) atoms. The molecule has 0 spiro atoms. The Morgan fingerprint density at radius 1 is 1.34 bits per heavy atom. The maximum Gasteiger partial charge on any atom is 0.191 e. The summed E-state index contributed by atoms with van der Waals surface area (Å²) >= 11 is 0. The molecule has 0 aromatic carbocycles. The van der Waals surface area contributed by atoms with Gasteiger partial charge >= 0.3 is 0 Å². The molecule has 0 saturated heterocycles. The quantitative estimate of drug-likeness (QED) is 0.383. The second-order valence-corrected chi connectivity index (χ2v) is 7.76. The Labute approximate surface area is 172 Å². The van der Waals surface area contributed by atoms with E-state index in [-0.39, 0.29) is 6.04 Å². The van der Waals surface area contributed by atoms with Crippen molar-refractivity contribution in [3.8, 4) is 0 Å². The van der Waals surface area contributed by atoms with Crippen molar-refractivity contribution in [2.75, 3.05) is 20.3 Å². The Kier molecular flexibility index (Phi) is 7.18. The second-order valence-electron chi connectivity index (χ2n) is 7.76. The number of ether oxygens (including phenoxy) is 1. The van der Waals surface area contributed by atoms with Gasteiger partial charge in [-0.1, -0.05) is 13.8 Å². The third-order valence-corrected chi connectivity index (χ3v) is 5.11. The fourth-order valence-corrected chi connectivity index (χ4v) is 3.20. The number of aliphatic imine (C=N–C) groups is 1. The van der Waals surface area contributed by atoms with Gasteiger partial charge in [0, 0.05) is 45.7 Å². The van der Waals surface area contributed by atoms with Crippen molar-refractivity contribution >= 4 is 5.96 Å². The molecule has 2 aromatic rings. The smallest absolute Gasteiger partial charge is 0.191 e. The molecule has 1 aliphatic rings. The minimum Gasteiger partial charge on any atom is -0.385 e. The molecule has 10 nitrogen and oxygen atoms in total. The van der Waals surface area contributed by atoms with Crippen LogP contribution in [0.4, 0.5) is 0 Å². The van der Waals surface area contributed by atoms with Crippen molar-refractivity contribution in [2.45, 2.75) is 65.1 Å². The molecule has 0 fully saturated rings. The normalized spacial score (nSPS) is 16.9. The van der Waals surface area contributed by atoms with Crippen LogP contribution in [0, 0.1) is 6.92 Å². The summed E-state index contributed by atoms with van der Waals surface area (Å²) in [5, 5.41) is 19.9. The minimum absolute atomic E-state index is 0.249. The highest BCUT2D eigenvalue weighted by Gasteiger charge is 2.23. The molecular weight excluding hydrogens is 370 g/mol. The average Bonchev–Trinajstić information content (AvgIpc) is 3.27. The number of hydrogen-bond acceptors (Lipinski definition) is 6. The molecule has 1 aliphatic heterocycles. The maximum atomic E-state index is 5.14. The third-order valence-electron chi connectivity index (χ3n) is 5.11. The average molecular weight is 404 g/mol. The van der Waals surface area contributed by atoms with E-state index in [4.69, 9.17) is 9.73 Å². The molecule has 0 bridgehead atoms. The van der Waals surface area contributed by atoms with E-state index in [1.54, 1.807) is 7.11 Å². The number of rotatable bonds is 8. The van der Waals surface area contributed by atoms with E-state index in [1.807, 2.05) is 23.2 Å². The first-order valence-corrected chi connectivity index (χ1v) is 10.3. The summed E-state index contributed by atoms with van der Waals surface area (Å²) in [5.74, 6) is 4.83. The molecule has 2 aromatic heterocycles. The zero-order chi connectivity index (χ0) is 20.8. The van der Waals surface area contributed by atoms with Crippen molar-refractivity contribution < 1.29 is 4.74 Å². The van der Waals surface area contributed by atoms with Crippen LogP contribution >= 0.6 is 0 Å². The van der Waals surface area contributed by atoms with Gasteiger partial charge < -0.3 is 19.9 Å². The van der Waals surface area contributed by atoms with E-state index in [0.29, 0.717) is 19.1 Å². The molecule has 3 rings (SSSR count). The zero-order valence-corrected chi connectivity index (χ0v) is 18.1. The van der Waals surface area contributed by atoms with Gasteiger partial charge in [-0.25, -0.2) is 14.7 Å². The lowest BCUT2D eigenvalue weighted by molar-refractivity contribution is 0.195. The summed E-state index contributed by atoms with van der Waals surface area (Å²) in [4.78, 5) is 9.40. The monoisotopic (exact) mass is 403 g/mol. The van der Waals surface area contributed by atoms with Gasteiger partial charge in [-0.2, -0.15) is 5.10 Å². The van der Waals surface area contributed by atoms with Gasteiger partial charge in [-0.15, -0.1) is 10.2 Å². The Balaban J connectivity index is 1.65. The van der Waals surface area contributed by atoms with Gasteiger partial charge in [-0.3, -0.25) is 0 Å². The molecule has 2 N–H and O–H groups in total. The summed E-state index contributed by atoms with van der Waals surface area (Å²) in [7, 11) is 3.67. The van der Waals surface area contributed by atoms with Gasteiger partial charge in [-0.05, 0) is 19.8 Å². The lowest BCUT2D eigenvalue weighted by Crippen LogP contribution is -2.47. The number of methoxy groups -OCH3 is 1. The zero-order valence-electron chi connectivity index (χ0n) is 18.1. The van der Waals surface area contributed by atoms with Crippen LogP contribution < -0.4 is 10.6 Å². The fourth-order valence-electron chi connectivity index (χ4n) is 3.20. The van der Waals surface area contributed by atoms with E-state index in [0.717, 1.165) is 61.6 Å². The number of aromatic nitrogens is 6. The maximum absolute atomic E-state index is 5.14. The highest BCUT2D eigenvalue weighted by molar-refractivity contribution is 5.80. The Morgan fingerprint density at radius 2 is 2.17 bits per heavy atom. The van der Waals surface area contributed by atoms with Crippen molar-refractivity contribution in [2.24, 2.45) is 12.0 Å². The van der Waals surface area contributed by atoms with Crippen LogP contribution in [0.25, 0.3) is 0 Å². The molecule has 1 unspecified atom stereocenters. The Morgan fingerprint density at radius 3 is 2.86 bits per heavy atom. The molecule has 3 heterocycles. The van der Waals surface area contributed by atoms with E-state index < -0.39 is 0 Å². The van der Waals surface area contributed by atoms with Crippen LogP contribution in [0.3, 0.4) is 0 Å². The predicted molar refractivity (Wildman–Crippen MR) is 111 cm³/mol. The van der Waals surface area contributed by atoms with Crippen molar-refractivity contribution in [3.63, 3.8) is 0 Å². The van der Waals surface area contributed by atoms with E-state index in [1.165, 1.54) is 0 Å². The summed E-state index contributed by atoms with van der Waals surface area (Å²) in [6.45, 7) is 8.95. The van der Waals surface area contributed by atoms with Crippen LogP contribution in [-0.4, -0.2) is 61.8 Å². The van der Waals surface area contributed by atoms with E-state index >= 15 is 0 Å².